The van der Waals surface area contributed by atoms with Crippen molar-refractivity contribution in [2.75, 3.05) is 13.1 Å². The van der Waals surface area contributed by atoms with E-state index in [9.17, 15) is 5.11 Å². The first-order chi connectivity index (χ1) is 9.55. The van der Waals surface area contributed by atoms with E-state index in [1.54, 1.807) is 6.07 Å². The molecule has 0 fully saturated rings. The van der Waals surface area contributed by atoms with Gasteiger partial charge in [0.2, 0.25) is 0 Å². The van der Waals surface area contributed by atoms with Gasteiger partial charge in [-0.05, 0) is 56.6 Å². The van der Waals surface area contributed by atoms with Gasteiger partial charge in [0.1, 0.15) is 5.75 Å². The van der Waals surface area contributed by atoms with Crippen molar-refractivity contribution in [2.45, 2.75) is 58.8 Å². The first-order valence-electron chi connectivity index (χ1n) is 7.75. The highest BCUT2D eigenvalue weighted by atomic mass is 16.5. The fourth-order valence-electron chi connectivity index (χ4n) is 3.26. The van der Waals surface area contributed by atoms with Gasteiger partial charge in [0.05, 0.1) is 12.2 Å². The summed E-state index contributed by atoms with van der Waals surface area (Å²) in [6, 6.07) is 6.14. The molecule has 0 saturated carbocycles. The molecule has 3 heteroatoms. The Labute approximate surface area is 122 Å². The number of aromatic hydroxyl groups is 1. The van der Waals surface area contributed by atoms with Crippen molar-refractivity contribution in [1.29, 1.82) is 0 Å². The van der Waals surface area contributed by atoms with Crippen LogP contribution in [-0.2, 0) is 17.6 Å². The third-order valence-electron chi connectivity index (χ3n) is 4.20. The summed E-state index contributed by atoms with van der Waals surface area (Å²) in [6.07, 6.45) is 2.39. The maximum atomic E-state index is 9.69. The van der Waals surface area contributed by atoms with Crippen molar-refractivity contribution in [1.82, 2.24) is 4.90 Å². The average molecular weight is 277 g/mol. The summed E-state index contributed by atoms with van der Waals surface area (Å²) in [4.78, 5) is 2.47. The molecule has 1 aromatic rings. The molecule has 1 N–H and O–H groups in total. The predicted molar refractivity (Wildman–Crippen MR) is 82.2 cm³/mol. The largest absolute Gasteiger partial charge is 0.508 e. The number of benzene rings is 1. The Kier molecular flexibility index (Phi) is 5.06. The van der Waals surface area contributed by atoms with E-state index in [4.69, 9.17) is 4.74 Å². The lowest BCUT2D eigenvalue weighted by Crippen LogP contribution is -2.50. The van der Waals surface area contributed by atoms with Crippen LogP contribution in [0, 0.1) is 0 Å². The number of likely N-dealkylation sites (N-methyl/N-ethyl adjacent to an activating group) is 1. The molecule has 1 aliphatic rings. The zero-order valence-electron chi connectivity index (χ0n) is 13.1. The SMILES string of the molecule is CCN(CC)C1Cc2cc(O)ccc2CC1OC(C)C. The normalized spacial score (nSPS) is 22.3. The zero-order valence-corrected chi connectivity index (χ0v) is 13.1. The number of hydrogen-bond donors (Lipinski definition) is 1. The van der Waals surface area contributed by atoms with E-state index in [-0.39, 0.29) is 12.2 Å². The fraction of sp³-hybridized carbons (Fsp3) is 0.647. The minimum absolute atomic E-state index is 0.243. The van der Waals surface area contributed by atoms with Crippen LogP contribution in [0.2, 0.25) is 0 Å². The predicted octanol–water partition coefficient (Wildman–Crippen LogP) is 2.99. The van der Waals surface area contributed by atoms with E-state index in [0.717, 1.165) is 25.9 Å². The van der Waals surface area contributed by atoms with E-state index >= 15 is 0 Å². The maximum Gasteiger partial charge on any atom is 0.115 e. The molecule has 2 atom stereocenters. The third-order valence-corrected chi connectivity index (χ3v) is 4.20. The smallest absolute Gasteiger partial charge is 0.115 e. The van der Waals surface area contributed by atoms with Gasteiger partial charge in [0.15, 0.2) is 0 Å². The highest BCUT2D eigenvalue weighted by Gasteiger charge is 2.33. The van der Waals surface area contributed by atoms with Crippen molar-refractivity contribution >= 4 is 0 Å². The van der Waals surface area contributed by atoms with Crippen molar-refractivity contribution < 1.29 is 9.84 Å². The molecular formula is C17H27NO2. The van der Waals surface area contributed by atoms with Crippen molar-refractivity contribution in [3.8, 4) is 5.75 Å². The van der Waals surface area contributed by atoms with Crippen LogP contribution in [0.1, 0.15) is 38.8 Å². The van der Waals surface area contributed by atoms with Gasteiger partial charge in [-0.15, -0.1) is 0 Å². The van der Waals surface area contributed by atoms with Crippen molar-refractivity contribution in [2.24, 2.45) is 0 Å². The summed E-state index contributed by atoms with van der Waals surface area (Å²) < 4.78 is 6.17. The summed E-state index contributed by atoms with van der Waals surface area (Å²) in [6.45, 7) is 10.7. The van der Waals surface area contributed by atoms with Crippen LogP contribution in [-0.4, -0.2) is 41.3 Å². The lowest BCUT2D eigenvalue weighted by Gasteiger charge is -2.40. The Morgan fingerprint density at radius 2 is 1.90 bits per heavy atom. The Hall–Kier alpha value is -1.06. The number of phenolic OH excluding ortho intramolecular Hbond substituents is 1. The first kappa shape index (κ1) is 15.3. The zero-order chi connectivity index (χ0) is 14.7. The molecule has 0 aromatic heterocycles. The number of nitrogens with zero attached hydrogens (tertiary/aromatic N) is 1. The molecule has 0 spiro atoms. The molecule has 0 bridgehead atoms. The van der Waals surface area contributed by atoms with Crippen LogP contribution < -0.4 is 0 Å². The second kappa shape index (κ2) is 6.59. The maximum absolute atomic E-state index is 9.69. The molecule has 0 aliphatic heterocycles. The lowest BCUT2D eigenvalue weighted by molar-refractivity contribution is -0.0473. The molecule has 2 rings (SSSR count). The molecule has 0 amide bonds. The van der Waals surface area contributed by atoms with Crippen LogP contribution in [0.25, 0.3) is 0 Å². The Bertz CT molecular complexity index is 441. The van der Waals surface area contributed by atoms with E-state index in [0.29, 0.717) is 11.8 Å². The molecule has 3 nitrogen and oxygen atoms in total. The van der Waals surface area contributed by atoms with Crippen molar-refractivity contribution in [3.63, 3.8) is 0 Å². The molecule has 1 aromatic carbocycles. The molecule has 2 unspecified atom stereocenters. The average Bonchev–Trinajstić information content (AvgIpc) is 2.40. The van der Waals surface area contributed by atoms with E-state index in [1.165, 1.54) is 11.1 Å². The van der Waals surface area contributed by atoms with Crippen LogP contribution in [0.5, 0.6) is 5.75 Å². The van der Waals surface area contributed by atoms with Crippen molar-refractivity contribution in [3.05, 3.63) is 29.3 Å². The van der Waals surface area contributed by atoms with Gasteiger partial charge >= 0.3 is 0 Å². The minimum Gasteiger partial charge on any atom is -0.508 e. The molecule has 0 radical (unpaired) electrons. The van der Waals surface area contributed by atoms with Gasteiger partial charge in [0, 0.05) is 12.5 Å². The van der Waals surface area contributed by atoms with Gasteiger partial charge in [0.25, 0.3) is 0 Å². The van der Waals surface area contributed by atoms with E-state index in [1.807, 2.05) is 12.1 Å². The Morgan fingerprint density at radius 3 is 2.50 bits per heavy atom. The second-order valence-corrected chi connectivity index (χ2v) is 5.87. The van der Waals surface area contributed by atoms with E-state index < -0.39 is 0 Å². The highest BCUT2D eigenvalue weighted by Crippen LogP contribution is 2.29. The number of ether oxygens (including phenoxy) is 1. The van der Waals surface area contributed by atoms with Gasteiger partial charge in [-0.3, -0.25) is 4.90 Å². The van der Waals surface area contributed by atoms with Gasteiger partial charge in [-0.25, -0.2) is 0 Å². The second-order valence-electron chi connectivity index (χ2n) is 5.87. The van der Waals surface area contributed by atoms with Gasteiger partial charge in [-0.2, -0.15) is 0 Å². The molecule has 112 valence electrons. The summed E-state index contributed by atoms with van der Waals surface area (Å²) in [5.41, 5.74) is 2.59. The molecule has 0 saturated heterocycles. The van der Waals surface area contributed by atoms with Crippen LogP contribution in [0.3, 0.4) is 0 Å². The first-order valence-corrected chi connectivity index (χ1v) is 7.75. The standard InChI is InChI=1S/C17H27NO2/c1-5-18(6-2)16-10-14-9-15(19)8-7-13(14)11-17(16)20-12(3)4/h7-9,12,16-17,19H,5-6,10-11H2,1-4H3. The Balaban J connectivity index is 2.27. The van der Waals surface area contributed by atoms with Crippen LogP contribution >= 0.6 is 0 Å². The topological polar surface area (TPSA) is 32.7 Å². The molecule has 0 heterocycles. The number of hydrogen-bond acceptors (Lipinski definition) is 3. The van der Waals surface area contributed by atoms with E-state index in [2.05, 4.69) is 32.6 Å². The lowest BCUT2D eigenvalue weighted by atomic mass is 9.85. The summed E-state index contributed by atoms with van der Waals surface area (Å²) in [7, 11) is 0. The highest BCUT2D eigenvalue weighted by molar-refractivity contribution is 5.38. The molecule has 20 heavy (non-hydrogen) atoms. The summed E-state index contributed by atoms with van der Waals surface area (Å²) in [5, 5.41) is 9.69. The Morgan fingerprint density at radius 1 is 1.20 bits per heavy atom. The summed E-state index contributed by atoms with van der Waals surface area (Å²) >= 11 is 0. The summed E-state index contributed by atoms with van der Waals surface area (Å²) in [5.74, 6) is 0.366. The fourth-order valence-corrected chi connectivity index (χ4v) is 3.26. The van der Waals surface area contributed by atoms with Gasteiger partial charge in [-0.1, -0.05) is 19.9 Å². The van der Waals surface area contributed by atoms with Crippen LogP contribution in [0.4, 0.5) is 0 Å². The molecular weight excluding hydrogens is 250 g/mol. The number of fused-ring (bicyclic) bond motifs is 1. The minimum atomic E-state index is 0.243. The number of rotatable bonds is 5. The van der Waals surface area contributed by atoms with Gasteiger partial charge < -0.3 is 9.84 Å². The molecule has 1 aliphatic carbocycles. The number of phenols is 1. The van der Waals surface area contributed by atoms with Crippen LogP contribution in [0.15, 0.2) is 18.2 Å². The monoisotopic (exact) mass is 277 g/mol. The quantitative estimate of drug-likeness (QED) is 0.898. The third kappa shape index (κ3) is 3.33.